The average molecular weight is 522 g/mol. The molecule has 0 spiro atoms. The predicted molar refractivity (Wildman–Crippen MR) is 122 cm³/mol. The fourth-order valence-corrected chi connectivity index (χ4v) is 4.05. The van der Waals surface area contributed by atoms with Crippen LogP contribution in [0.4, 0.5) is 5.69 Å². The third-order valence-electron chi connectivity index (χ3n) is 3.84. The molecule has 1 heterocycles. The molecule has 144 valence electrons. The number of halogens is 2. The summed E-state index contributed by atoms with van der Waals surface area (Å²) in [5.41, 5.74) is 2.86. The third kappa shape index (κ3) is 5.12. The number of anilines is 1. The minimum absolute atomic E-state index is 0.117. The number of allylic oxidation sites excluding steroid dienone is 1. The van der Waals surface area contributed by atoms with Gasteiger partial charge in [-0.25, -0.2) is 0 Å². The summed E-state index contributed by atoms with van der Waals surface area (Å²) in [4.78, 5) is 12.4. The number of amides is 1. The molecule has 8 heteroatoms. The number of hydrogen-bond acceptors (Lipinski definition) is 4. The Kier molecular flexibility index (Phi) is 7.09. The Labute approximate surface area is 184 Å². The molecule has 0 radical (unpaired) electrons. The minimum atomic E-state index is -0.117. The maximum Gasteiger partial charge on any atom is 0.234 e. The van der Waals surface area contributed by atoms with Gasteiger partial charge < -0.3 is 5.32 Å². The fraction of sp³-hybridized carbons (Fsp3) is 0.150. The van der Waals surface area contributed by atoms with Crippen molar-refractivity contribution in [1.29, 1.82) is 0 Å². The molecular formula is C20H18Br2N4OS. The van der Waals surface area contributed by atoms with Gasteiger partial charge in [-0.2, -0.15) is 0 Å². The highest BCUT2D eigenvalue weighted by Gasteiger charge is 2.15. The third-order valence-corrected chi connectivity index (χ3v) is 5.99. The normalized spacial score (nSPS) is 10.7. The lowest BCUT2D eigenvalue weighted by molar-refractivity contribution is -0.113. The van der Waals surface area contributed by atoms with Crippen LogP contribution in [0.1, 0.15) is 5.56 Å². The van der Waals surface area contributed by atoms with Crippen LogP contribution in [0.25, 0.3) is 11.4 Å². The van der Waals surface area contributed by atoms with Crippen molar-refractivity contribution in [3.63, 3.8) is 0 Å². The molecule has 0 atom stereocenters. The van der Waals surface area contributed by atoms with E-state index in [0.717, 1.165) is 25.9 Å². The van der Waals surface area contributed by atoms with Crippen LogP contribution in [0.3, 0.4) is 0 Å². The summed E-state index contributed by atoms with van der Waals surface area (Å²) in [5.74, 6) is 0.873. The van der Waals surface area contributed by atoms with Crippen molar-refractivity contribution in [2.75, 3.05) is 11.1 Å². The van der Waals surface area contributed by atoms with Crippen molar-refractivity contribution in [2.24, 2.45) is 0 Å². The van der Waals surface area contributed by atoms with Crippen molar-refractivity contribution >= 4 is 55.2 Å². The monoisotopic (exact) mass is 520 g/mol. The number of benzene rings is 2. The molecule has 3 rings (SSSR count). The van der Waals surface area contributed by atoms with Crippen LogP contribution in [0, 0.1) is 6.92 Å². The largest absolute Gasteiger partial charge is 0.324 e. The predicted octanol–water partition coefficient (Wildman–Crippen LogP) is 5.70. The van der Waals surface area contributed by atoms with Crippen LogP contribution in [0.15, 0.2) is 69.2 Å². The highest BCUT2D eigenvalue weighted by atomic mass is 79.9. The number of nitrogens with one attached hydrogen (secondary N) is 1. The zero-order chi connectivity index (χ0) is 20.1. The summed E-state index contributed by atoms with van der Waals surface area (Å²) in [6.45, 7) is 6.43. The molecule has 0 unspecified atom stereocenters. The molecule has 1 N–H and O–H groups in total. The number of aryl methyl sites for hydroxylation is 1. The van der Waals surface area contributed by atoms with E-state index in [1.54, 1.807) is 6.08 Å². The SMILES string of the molecule is C=CCn1c(SCC(=O)Nc2cc(Br)ccc2Br)nnc1-c1cccc(C)c1. The maximum absolute atomic E-state index is 12.4. The molecule has 2 aromatic carbocycles. The van der Waals surface area contributed by atoms with Crippen molar-refractivity contribution in [1.82, 2.24) is 14.8 Å². The smallest absolute Gasteiger partial charge is 0.234 e. The number of carbonyl (C=O) groups excluding carboxylic acids is 1. The van der Waals surface area contributed by atoms with Gasteiger partial charge in [0.25, 0.3) is 0 Å². The maximum atomic E-state index is 12.4. The first kappa shape index (κ1) is 20.8. The molecular weight excluding hydrogens is 504 g/mol. The Morgan fingerprint density at radius 3 is 2.82 bits per heavy atom. The van der Waals surface area contributed by atoms with Gasteiger partial charge in [0.15, 0.2) is 11.0 Å². The van der Waals surface area contributed by atoms with Crippen LogP contribution in [0.5, 0.6) is 0 Å². The molecule has 0 bridgehead atoms. The Morgan fingerprint density at radius 1 is 1.25 bits per heavy atom. The first-order valence-corrected chi connectivity index (χ1v) is 11.0. The second-order valence-corrected chi connectivity index (χ2v) is 8.75. The lowest BCUT2D eigenvalue weighted by atomic mass is 10.1. The molecule has 0 saturated carbocycles. The van der Waals surface area contributed by atoms with E-state index in [9.17, 15) is 4.79 Å². The van der Waals surface area contributed by atoms with Gasteiger partial charge in [0, 0.05) is 21.1 Å². The van der Waals surface area contributed by atoms with E-state index in [-0.39, 0.29) is 11.7 Å². The first-order chi connectivity index (χ1) is 13.5. The zero-order valence-corrected chi connectivity index (χ0v) is 19.1. The number of rotatable bonds is 7. The highest BCUT2D eigenvalue weighted by Crippen LogP contribution is 2.28. The second-order valence-electron chi connectivity index (χ2n) is 6.04. The minimum Gasteiger partial charge on any atom is -0.324 e. The molecule has 0 aliphatic heterocycles. The van der Waals surface area contributed by atoms with Crippen LogP contribution in [0.2, 0.25) is 0 Å². The Balaban J connectivity index is 1.74. The number of hydrogen-bond donors (Lipinski definition) is 1. The lowest BCUT2D eigenvalue weighted by Gasteiger charge is -2.09. The second kappa shape index (κ2) is 9.54. The van der Waals surface area contributed by atoms with Gasteiger partial charge in [-0.1, -0.05) is 57.5 Å². The summed E-state index contributed by atoms with van der Waals surface area (Å²) >= 11 is 8.20. The van der Waals surface area contributed by atoms with Gasteiger partial charge in [-0.15, -0.1) is 16.8 Å². The molecule has 0 aliphatic rings. The Hall–Kier alpha value is -1.90. The molecule has 1 amide bonds. The van der Waals surface area contributed by atoms with Crippen LogP contribution in [-0.4, -0.2) is 26.4 Å². The Morgan fingerprint density at radius 2 is 2.07 bits per heavy atom. The fourth-order valence-electron chi connectivity index (χ4n) is 2.60. The van der Waals surface area contributed by atoms with Gasteiger partial charge in [0.05, 0.1) is 11.4 Å². The number of nitrogens with zero attached hydrogens (tertiary/aromatic N) is 3. The quantitative estimate of drug-likeness (QED) is 0.320. The zero-order valence-electron chi connectivity index (χ0n) is 15.2. The topological polar surface area (TPSA) is 59.8 Å². The van der Waals surface area contributed by atoms with Gasteiger partial charge in [-0.05, 0) is 47.1 Å². The van der Waals surface area contributed by atoms with Crippen LogP contribution >= 0.6 is 43.6 Å². The first-order valence-electron chi connectivity index (χ1n) is 8.46. The number of carbonyl (C=O) groups is 1. The van der Waals surface area contributed by atoms with E-state index < -0.39 is 0 Å². The lowest BCUT2D eigenvalue weighted by Crippen LogP contribution is -2.15. The van der Waals surface area contributed by atoms with Crippen LogP contribution in [-0.2, 0) is 11.3 Å². The molecule has 0 saturated heterocycles. The molecule has 0 fully saturated rings. The number of thioether (sulfide) groups is 1. The van der Waals surface area contributed by atoms with E-state index in [0.29, 0.717) is 17.4 Å². The van der Waals surface area contributed by atoms with Gasteiger partial charge in [0.1, 0.15) is 0 Å². The number of aromatic nitrogens is 3. The van der Waals surface area contributed by atoms with Crippen molar-refractivity contribution in [3.05, 3.63) is 69.6 Å². The van der Waals surface area contributed by atoms with Crippen molar-refractivity contribution < 1.29 is 4.79 Å². The van der Waals surface area contributed by atoms with Gasteiger partial charge in [0.2, 0.25) is 5.91 Å². The Bertz CT molecular complexity index is 1020. The average Bonchev–Trinajstić information content (AvgIpc) is 3.06. The molecule has 1 aromatic heterocycles. The molecule has 5 nitrogen and oxygen atoms in total. The standard InChI is InChI=1S/C20H18Br2N4OS/c1-3-9-26-19(14-6-4-5-13(2)10-14)24-25-20(26)28-12-18(27)23-17-11-15(21)7-8-16(17)22/h3-8,10-11H,1,9,12H2,2H3,(H,23,27). The van der Waals surface area contributed by atoms with Gasteiger partial charge >= 0.3 is 0 Å². The highest BCUT2D eigenvalue weighted by molar-refractivity contribution is 9.11. The van der Waals surface area contributed by atoms with E-state index in [2.05, 4.69) is 60.0 Å². The molecule has 3 aromatic rings. The summed E-state index contributed by atoms with van der Waals surface area (Å²) in [5, 5.41) is 12.2. The summed E-state index contributed by atoms with van der Waals surface area (Å²) in [6, 6.07) is 13.7. The van der Waals surface area contributed by atoms with E-state index in [4.69, 9.17) is 0 Å². The van der Waals surface area contributed by atoms with E-state index >= 15 is 0 Å². The van der Waals surface area contributed by atoms with Gasteiger partial charge in [-0.3, -0.25) is 9.36 Å². The summed E-state index contributed by atoms with van der Waals surface area (Å²) < 4.78 is 3.69. The van der Waals surface area contributed by atoms with Crippen LogP contribution < -0.4 is 5.32 Å². The van der Waals surface area contributed by atoms with E-state index in [1.807, 2.05) is 47.9 Å². The molecule has 28 heavy (non-hydrogen) atoms. The molecule has 0 aliphatic carbocycles. The summed E-state index contributed by atoms with van der Waals surface area (Å²) in [6.07, 6.45) is 1.80. The van der Waals surface area contributed by atoms with Crippen molar-refractivity contribution in [3.8, 4) is 11.4 Å². The van der Waals surface area contributed by atoms with Crippen molar-refractivity contribution in [2.45, 2.75) is 18.6 Å². The summed E-state index contributed by atoms with van der Waals surface area (Å²) in [7, 11) is 0. The van der Waals surface area contributed by atoms with E-state index in [1.165, 1.54) is 11.8 Å².